The zero-order valence-electron chi connectivity index (χ0n) is 33.9. The Hall–Kier alpha value is -7.11. The molecule has 13 rings (SSSR count). The van der Waals surface area contributed by atoms with Crippen LogP contribution < -0.4 is 0 Å². The molecule has 0 saturated heterocycles. The fourth-order valence-electron chi connectivity index (χ4n) is 11.0. The molecular formula is C56H43N5. The van der Waals surface area contributed by atoms with Crippen molar-refractivity contribution in [1.82, 2.24) is 24.9 Å². The molecule has 2 heterocycles. The third kappa shape index (κ3) is 6.52. The Kier molecular flexibility index (Phi) is 8.38. The summed E-state index contributed by atoms with van der Waals surface area (Å²) >= 11 is 0. The molecule has 0 radical (unpaired) electrons. The average molecular weight is 786 g/mol. The molecule has 5 nitrogen and oxygen atoms in total. The smallest absolute Gasteiger partial charge is 0.164 e. The minimum absolute atomic E-state index is 0.379. The number of hydrogen-bond donors (Lipinski definition) is 0. The monoisotopic (exact) mass is 785 g/mol. The summed E-state index contributed by atoms with van der Waals surface area (Å²) in [7, 11) is 0. The summed E-state index contributed by atoms with van der Waals surface area (Å²) in [6, 6.07) is 63.9. The van der Waals surface area contributed by atoms with Gasteiger partial charge in [0.2, 0.25) is 0 Å². The molecule has 4 aliphatic rings. The van der Waals surface area contributed by atoms with E-state index in [1.165, 1.54) is 44.1 Å². The molecular weight excluding hydrogens is 743 g/mol. The fraction of sp³-hybridized carbons (Fsp3) is 0.161. The third-order valence-corrected chi connectivity index (χ3v) is 13.8. The lowest BCUT2D eigenvalue weighted by molar-refractivity contribution is -0.0243. The Balaban J connectivity index is 0.845. The zero-order chi connectivity index (χ0) is 40.4. The highest BCUT2D eigenvalue weighted by atomic mass is 15.0. The Morgan fingerprint density at radius 1 is 0.361 bits per heavy atom. The van der Waals surface area contributed by atoms with E-state index in [2.05, 4.69) is 127 Å². The van der Waals surface area contributed by atoms with E-state index in [1.807, 2.05) is 54.6 Å². The van der Waals surface area contributed by atoms with Crippen molar-refractivity contribution >= 4 is 10.8 Å². The van der Waals surface area contributed by atoms with Crippen molar-refractivity contribution in [3.63, 3.8) is 0 Å². The van der Waals surface area contributed by atoms with Gasteiger partial charge in [-0.05, 0) is 101 Å². The summed E-state index contributed by atoms with van der Waals surface area (Å²) in [6.45, 7) is 0. The molecule has 4 aliphatic carbocycles. The molecule has 0 aliphatic heterocycles. The molecule has 1 spiro atoms. The molecule has 9 aromatic rings. The summed E-state index contributed by atoms with van der Waals surface area (Å²) in [6.07, 6.45) is 8.43. The van der Waals surface area contributed by atoms with Crippen molar-refractivity contribution in [1.29, 1.82) is 0 Å². The minimum Gasteiger partial charge on any atom is -0.228 e. The standard InChI is InChI=1S/C56H43N5/c1-4-10-39(11-5-1)49-32-50(58-51(57-49)41-12-6-2-7-13-41)40-18-16-38(17-19-40)44-20-21-46-31-47(23-22-45(46)30-44)54-60-52(42-14-8-3-9-15-42)59-53(61-54)43-24-26-48(27-25-43)56-34-37-28-29-55(33-37,35-56)36-56/h1-27,30-32,37H,28-29,33-36H2/t37-,55?,56?/m0/s1. The van der Waals surface area contributed by atoms with E-state index in [0.29, 0.717) is 34.1 Å². The second-order valence-electron chi connectivity index (χ2n) is 17.7. The van der Waals surface area contributed by atoms with E-state index in [9.17, 15) is 0 Å². The molecule has 7 aromatic carbocycles. The molecule has 292 valence electrons. The maximum Gasteiger partial charge on any atom is 0.164 e. The highest BCUT2D eigenvalue weighted by Gasteiger charge is 2.62. The van der Waals surface area contributed by atoms with Gasteiger partial charge in [0.15, 0.2) is 23.3 Å². The maximum absolute atomic E-state index is 5.12. The molecule has 0 unspecified atom stereocenters. The van der Waals surface area contributed by atoms with Crippen molar-refractivity contribution in [2.75, 3.05) is 0 Å². The lowest BCUT2D eigenvalue weighted by atomic mass is 9.44. The van der Waals surface area contributed by atoms with Gasteiger partial charge in [0.1, 0.15) is 0 Å². The van der Waals surface area contributed by atoms with Gasteiger partial charge < -0.3 is 0 Å². The molecule has 1 atom stereocenters. The average Bonchev–Trinajstić information content (AvgIpc) is 3.59. The van der Waals surface area contributed by atoms with E-state index in [4.69, 9.17) is 24.9 Å². The Morgan fingerprint density at radius 2 is 0.803 bits per heavy atom. The Morgan fingerprint density at radius 3 is 1.39 bits per heavy atom. The number of benzene rings is 7. The Bertz CT molecular complexity index is 3000. The predicted octanol–water partition coefficient (Wildman–Crippen LogP) is 13.7. The van der Waals surface area contributed by atoms with Crippen molar-refractivity contribution in [2.45, 2.75) is 43.9 Å². The lowest BCUT2D eigenvalue weighted by Gasteiger charge is -2.60. The molecule has 0 N–H and O–H groups in total. The fourth-order valence-corrected chi connectivity index (χ4v) is 11.0. The van der Waals surface area contributed by atoms with Crippen LogP contribution in [0.4, 0.5) is 0 Å². The van der Waals surface area contributed by atoms with Crippen LogP contribution in [0.15, 0.2) is 182 Å². The molecule has 4 fully saturated rings. The third-order valence-electron chi connectivity index (χ3n) is 13.8. The lowest BCUT2D eigenvalue weighted by Crippen LogP contribution is -2.52. The number of aromatic nitrogens is 5. The largest absolute Gasteiger partial charge is 0.228 e. The van der Waals surface area contributed by atoms with E-state index in [1.54, 1.807) is 0 Å². The van der Waals surface area contributed by atoms with Gasteiger partial charge in [-0.1, -0.05) is 164 Å². The van der Waals surface area contributed by atoms with E-state index in [-0.39, 0.29) is 0 Å². The SMILES string of the molecule is c1ccc(-c2cc(-c3ccc(-c4ccc5cc(-c6nc(-c7ccccc7)nc(-c7ccc(C89C[C@H]%10CCC(C%10)(C8)C9)cc7)n6)ccc5c4)cc3)nc(-c3ccccc3)n2)cc1. The van der Waals surface area contributed by atoms with Crippen LogP contribution in [0.3, 0.4) is 0 Å². The second kappa shape index (κ2) is 14.3. The Labute approximate surface area is 356 Å². The summed E-state index contributed by atoms with van der Waals surface area (Å²) in [4.78, 5) is 25.2. The summed E-state index contributed by atoms with van der Waals surface area (Å²) in [5.74, 6) is 3.69. The van der Waals surface area contributed by atoms with E-state index < -0.39 is 0 Å². The predicted molar refractivity (Wildman–Crippen MR) is 246 cm³/mol. The first kappa shape index (κ1) is 35.8. The van der Waals surface area contributed by atoms with Gasteiger partial charge in [-0.3, -0.25) is 0 Å². The van der Waals surface area contributed by atoms with Gasteiger partial charge in [0.05, 0.1) is 11.4 Å². The van der Waals surface area contributed by atoms with Crippen molar-refractivity contribution in [3.8, 4) is 79.2 Å². The molecule has 4 saturated carbocycles. The molecule has 2 aromatic heterocycles. The van der Waals surface area contributed by atoms with Gasteiger partial charge in [0.25, 0.3) is 0 Å². The molecule has 3 bridgehead atoms. The quantitative estimate of drug-likeness (QED) is 0.153. The van der Waals surface area contributed by atoms with Crippen LogP contribution in [0.1, 0.15) is 44.1 Å². The molecule has 5 heteroatoms. The highest BCUT2D eigenvalue weighted by Crippen LogP contribution is 2.72. The summed E-state index contributed by atoms with van der Waals surface area (Å²) < 4.78 is 0. The van der Waals surface area contributed by atoms with Crippen LogP contribution in [0, 0.1) is 11.3 Å². The van der Waals surface area contributed by atoms with Gasteiger partial charge in [-0.2, -0.15) is 0 Å². The van der Waals surface area contributed by atoms with Crippen LogP contribution in [-0.2, 0) is 5.41 Å². The van der Waals surface area contributed by atoms with Crippen LogP contribution in [0.25, 0.3) is 90.0 Å². The summed E-state index contributed by atoms with van der Waals surface area (Å²) in [5, 5.41) is 2.29. The highest BCUT2D eigenvalue weighted by molar-refractivity contribution is 5.90. The minimum atomic E-state index is 0.379. The van der Waals surface area contributed by atoms with Crippen molar-refractivity contribution in [2.24, 2.45) is 11.3 Å². The van der Waals surface area contributed by atoms with Crippen LogP contribution in [0.5, 0.6) is 0 Å². The van der Waals surface area contributed by atoms with Gasteiger partial charge >= 0.3 is 0 Å². The normalized spacial score (nSPS) is 20.0. The van der Waals surface area contributed by atoms with Gasteiger partial charge in [-0.25, -0.2) is 24.9 Å². The van der Waals surface area contributed by atoms with E-state index in [0.717, 1.165) is 72.6 Å². The number of fused-ring (bicyclic) bond motifs is 1. The first-order valence-electron chi connectivity index (χ1n) is 21.6. The summed E-state index contributed by atoms with van der Waals surface area (Å²) in [5.41, 5.74) is 12.7. The molecule has 61 heavy (non-hydrogen) atoms. The van der Waals surface area contributed by atoms with Gasteiger partial charge in [-0.15, -0.1) is 0 Å². The number of hydrogen-bond acceptors (Lipinski definition) is 5. The molecule has 0 amide bonds. The van der Waals surface area contributed by atoms with Crippen LogP contribution >= 0.6 is 0 Å². The number of rotatable bonds is 8. The first-order valence-corrected chi connectivity index (χ1v) is 21.6. The van der Waals surface area contributed by atoms with Crippen LogP contribution in [0.2, 0.25) is 0 Å². The van der Waals surface area contributed by atoms with Crippen LogP contribution in [-0.4, -0.2) is 24.9 Å². The number of nitrogens with zero attached hydrogens (tertiary/aromatic N) is 5. The zero-order valence-corrected chi connectivity index (χ0v) is 33.9. The topological polar surface area (TPSA) is 64.5 Å². The van der Waals surface area contributed by atoms with E-state index >= 15 is 0 Å². The second-order valence-corrected chi connectivity index (χ2v) is 17.7. The maximum atomic E-state index is 5.12. The van der Waals surface area contributed by atoms with Crippen molar-refractivity contribution in [3.05, 3.63) is 188 Å². The first-order chi connectivity index (χ1) is 30.0. The van der Waals surface area contributed by atoms with Crippen molar-refractivity contribution < 1.29 is 0 Å². The van der Waals surface area contributed by atoms with Gasteiger partial charge in [0, 0.05) is 33.4 Å².